The number of hydrogen-bond donors (Lipinski definition) is 2. The van der Waals surface area contributed by atoms with Crippen LogP contribution in [0.3, 0.4) is 0 Å². The van der Waals surface area contributed by atoms with E-state index in [0.717, 1.165) is 37.3 Å². The van der Waals surface area contributed by atoms with Crippen molar-refractivity contribution >= 4 is 17.2 Å². The number of aliphatic hydroxyl groups is 1. The molecule has 4 aliphatic carbocycles. The molecule has 5 heteroatoms. The Balaban J connectivity index is 0.00000124. The van der Waals surface area contributed by atoms with Crippen molar-refractivity contribution in [2.45, 2.75) is 98.0 Å². The maximum absolute atomic E-state index is 11.2. The lowest BCUT2D eigenvalue weighted by molar-refractivity contribution is -0.162. The molecule has 0 bridgehead atoms. The summed E-state index contributed by atoms with van der Waals surface area (Å²) in [6.07, 6.45) is 12.6. The van der Waals surface area contributed by atoms with Crippen molar-refractivity contribution in [3.63, 3.8) is 0 Å². The largest absolute Gasteiger partial charge is 0.472 e. The SMILES string of the molecule is CC.CN(CCC1CCC2C3C(O)CC4CCCCC4(C)C3CCC12C)SC(=O)O. The lowest BCUT2D eigenvalue weighted by Gasteiger charge is -2.62. The molecule has 30 heavy (non-hydrogen) atoms. The average molecular weight is 440 g/mol. The minimum Gasteiger partial charge on any atom is -0.472 e. The smallest absolute Gasteiger partial charge is 0.380 e. The first kappa shape index (κ1) is 24.4. The van der Waals surface area contributed by atoms with Crippen LogP contribution in [-0.2, 0) is 0 Å². The van der Waals surface area contributed by atoms with Gasteiger partial charge in [-0.1, -0.05) is 40.5 Å². The Kier molecular flexibility index (Phi) is 7.89. The molecule has 0 aliphatic heterocycles. The molecule has 0 spiro atoms. The fourth-order valence-electron chi connectivity index (χ4n) is 8.35. The van der Waals surface area contributed by atoms with Gasteiger partial charge in [0.15, 0.2) is 0 Å². The van der Waals surface area contributed by atoms with E-state index in [0.29, 0.717) is 34.5 Å². The third-order valence-corrected chi connectivity index (χ3v) is 10.5. The van der Waals surface area contributed by atoms with Crippen molar-refractivity contribution < 1.29 is 15.0 Å². The molecule has 4 fully saturated rings. The molecule has 0 radical (unpaired) electrons. The Hall–Kier alpha value is -0.260. The van der Waals surface area contributed by atoms with Crippen LogP contribution in [0.2, 0.25) is 0 Å². The molecule has 4 aliphatic rings. The molecule has 0 aromatic rings. The molecule has 4 rings (SSSR count). The van der Waals surface area contributed by atoms with Gasteiger partial charge in [-0.25, -0.2) is 9.10 Å². The van der Waals surface area contributed by atoms with Crippen LogP contribution in [-0.4, -0.2) is 39.5 Å². The summed E-state index contributed by atoms with van der Waals surface area (Å²) in [5.41, 5.74) is 0.786. The van der Waals surface area contributed by atoms with Gasteiger partial charge >= 0.3 is 5.30 Å². The van der Waals surface area contributed by atoms with Crippen LogP contribution in [0.25, 0.3) is 0 Å². The second kappa shape index (κ2) is 9.70. The lowest BCUT2D eigenvalue weighted by atomic mass is 9.44. The third-order valence-electron chi connectivity index (χ3n) is 9.82. The molecule has 0 saturated heterocycles. The number of fused-ring (bicyclic) bond motifs is 5. The first-order valence-electron chi connectivity index (χ1n) is 12.6. The Bertz CT molecular complexity index is 601. The Morgan fingerprint density at radius 2 is 1.73 bits per heavy atom. The van der Waals surface area contributed by atoms with Gasteiger partial charge in [0.1, 0.15) is 0 Å². The molecular formula is C25H45NO3S. The van der Waals surface area contributed by atoms with Crippen LogP contribution in [0.1, 0.15) is 91.9 Å². The van der Waals surface area contributed by atoms with E-state index in [1.54, 1.807) is 0 Å². The van der Waals surface area contributed by atoms with Crippen molar-refractivity contribution in [2.75, 3.05) is 13.6 Å². The van der Waals surface area contributed by atoms with E-state index in [1.165, 1.54) is 51.4 Å². The van der Waals surface area contributed by atoms with E-state index in [-0.39, 0.29) is 6.10 Å². The predicted molar refractivity (Wildman–Crippen MR) is 125 cm³/mol. The molecular weight excluding hydrogens is 394 g/mol. The quantitative estimate of drug-likeness (QED) is 0.478. The van der Waals surface area contributed by atoms with Gasteiger partial charge in [0.2, 0.25) is 0 Å². The zero-order chi connectivity index (χ0) is 22.1. The molecule has 2 N–H and O–H groups in total. The van der Waals surface area contributed by atoms with Crippen LogP contribution in [0.15, 0.2) is 0 Å². The molecule has 0 aromatic heterocycles. The molecule has 0 amide bonds. The predicted octanol–water partition coefficient (Wildman–Crippen LogP) is 6.68. The standard InChI is InChI=1S/C23H39NO3S.C2H6/c1-22-11-5-4-6-16(22)14-19(25)20-17-8-7-15(10-13-24(3)28-21(26)27)23(17,2)12-9-18(20)22;1-2/h15-20,25H,4-14H2,1-3H3,(H,26,27);1-2H3. The first-order chi connectivity index (χ1) is 14.3. The van der Waals surface area contributed by atoms with Crippen molar-refractivity contribution in [3.8, 4) is 0 Å². The Morgan fingerprint density at radius 1 is 1.03 bits per heavy atom. The second-order valence-corrected chi connectivity index (χ2v) is 12.0. The number of hydrogen-bond acceptors (Lipinski definition) is 4. The zero-order valence-electron chi connectivity index (χ0n) is 19.9. The molecule has 8 unspecified atom stereocenters. The van der Waals surface area contributed by atoms with Crippen LogP contribution >= 0.6 is 11.9 Å². The minimum absolute atomic E-state index is 0.102. The van der Waals surface area contributed by atoms with Crippen molar-refractivity contribution in [1.82, 2.24) is 4.31 Å². The maximum atomic E-state index is 11.2. The van der Waals surface area contributed by atoms with Crippen LogP contribution in [0.4, 0.5) is 4.79 Å². The molecule has 0 aromatic carbocycles. The Labute approximate surface area is 188 Å². The van der Waals surface area contributed by atoms with Crippen molar-refractivity contribution in [3.05, 3.63) is 0 Å². The number of carbonyl (C=O) groups is 1. The zero-order valence-corrected chi connectivity index (χ0v) is 20.7. The highest BCUT2D eigenvalue weighted by atomic mass is 32.2. The van der Waals surface area contributed by atoms with E-state index >= 15 is 0 Å². The number of rotatable bonds is 4. The van der Waals surface area contributed by atoms with E-state index in [4.69, 9.17) is 5.11 Å². The van der Waals surface area contributed by atoms with Gasteiger partial charge in [-0.3, -0.25) is 0 Å². The summed E-state index contributed by atoms with van der Waals surface area (Å²) < 4.78 is 1.87. The highest BCUT2D eigenvalue weighted by Crippen LogP contribution is 2.67. The van der Waals surface area contributed by atoms with Gasteiger partial charge in [0.05, 0.1) is 6.10 Å². The summed E-state index contributed by atoms with van der Waals surface area (Å²) in [5.74, 6) is 3.27. The number of aliphatic hydroxyl groups excluding tert-OH is 1. The molecule has 174 valence electrons. The number of nitrogens with zero attached hydrogens (tertiary/aromatic N) is 1. The maximum Gasteiger partial charge on any atom is 0.380 e. The molecule has 4 nitrogen and oxygen atoms in total. The summed E-state index contributed by atoms with van der Waals surface area (Å²) in [6, 6.07) is 0. The first-order valence-corrected chi connectivity index (χ1v) is 13.3. The summed E-state index contributed by atoms with van der Waals surface area (Å²) >= 11 is 0.906. The second-order valence-electron chi connectivity index (χ2n) is 10.9. The van der Waals surface area contributed by atoms with Crippen LogP contribution in [0.5, 0.6) is 0 Å². The van der Waals surface area contributed by atoms with Crippen molar-refractivity contribution in [1.29, 1.82) is 0 Å². The molecule has 0 heterocycles. The van der Waals surface area contributed by atoms with Gasteiger partial charge in [0.25, 0.3) is 0 Å². The van der Waals surface area contributed by atoms with E-state index in [2.05, 4.69) is 13.8 Å². The molecule has 4 saturated carbocycles. The summed E-state index contributed by atoms with van der Waals surface area (Å²) in [7, 11) is 1.89. The molecule has 8 atom stereocenters. The highest BCUT2D eigenvalue weighted by Gasteiger charge is 2.61. The normalized spacial score (nSPS) is 45.0. The van der Waals surface area contributed by atoms with E-state index < -0.39 is 5.30 Å². The van der Waals surface area contributed by atoms with Gasteiger partial charge in [-0.15, -0.1) is 0 Å². The van der Waals surface area contributed by atoms with Crippen molar-refractivity contribution in [2.24, 2.45) is 40.4 Å². The van der Waals surface area contributed by atoms with Gasteiger partial charge in [0, 0.05) is 18.5 Å². The van der Waals surface area contributed by atoms with Crippen LogP contribution in [0, 0.1) is 40.4 Å². The summed E-state index contributed by atoms with van der Waals surface area (Å²) in [6.45, 7) is 9.89. The minimum atomic E-state index is -0.820. The average Bonchev–Trinajstić information content (AvgIpc) is 3.04. The summed E-state index contributed by atoms with van der Waals surface area (Å²) in [4.78, 5) is 10.9. The lowest BCUT2D eigenvalue weighted by Crippen LogP contribution is -2.57. The van der Waals surface area contributed by atoms with Gasteiger partial charge in [-0.05, 0) is 98.8 Å². The fraction of sp³-hybridized carbons (Fsp3) is 0.960. The van der Waals surface area contributed by atoms with E-state index in [1.807, 2.05) is 25.2 Å². The van der Waals surface area contributed by atoms with Gasteiger partial charge < -0.3 is 10.2 Å². The van der Waals surface area contributed by atoms with E-state index in [9.17, 15) is 9.90 Å². The highest BCUT2D eigenvalue weighted by molar-refractivity contribution is 8.11. The monoisotopic (exact) mass is 439 g/mol. The Morgan fingerprint density at radius 3 is 2.43 bits per heavy atom. The van der Waals surface area contributed by atoms with Gasteiger partial charge in [-0.2, -0.15) is 0 Å². The number of carboxylic acid groups (broad SMARTS) is 1. The topological polar surface area (TPSA) is 60.8 Å². The van der Waals surface area contributed by atoms with Crippen LogP contribution < -0.4 is 0 Å². The fourth-order valence-corrected chi connectivity index (χ4v) is 8.82. The third kappa shape index (κ3) is 4.32. The summed E-state index contributed by atoms with van der Waals surface area (Å²) in [5, 5.41) is 19.4.